The number of benzene rings is 1. The van der Waals surface area contributed by atoms with Crippen LogP contribution in [-0.4, -0.2) is 16.8 Å². The van der Waals surface area contributed by atoms with Gasteiger partial charge in [-0.25, -0.2) is 0 Å². The average molecular weight is 531 g/mol. The van der Waals surface area contributed by atoms with Crippen LogP contribution in [0.1, 0.15) is 23.7 Å². The molecular formula is C15H11I2N5O. The SMILES string of the molecule is CCOc1c(I)cc(I)cc1/C=C(/C#N)c1[nH]nc(N)c1C#N. The van der Waals surface area contributed by atoms with Gasteiger partial charge in [0.1, 0.15) is 23.5 Å². The van der Waals surface area contributed by atoms with Gasteiger partial charge in [0.25, 0.3) is 0 Å². The maximum atomic E-state index is 9.47. The molecule has 0 unspecified atom stereocenters. The van der Waals surface area contributed by atoms with E-state index in [-0.39, 0.29) is 17.0 Å². The zero-order valence-electron chi connectivity index (χ0n) is 12.0. The maximum absolute atomic E-state index is 9.47. The number of hydrogen-bond donors (Lipinski definition) is 2. The number of nitriles is 2. The molecule has 3 N–H and O–H groups in total. The van der Waals surface area contributed by atoms with E-state index in [0.717, 1.165) is 12.7 Å². The lowest BCUT2D eigenvalue weighted by atomic mass is 10.1. The Morgan fingerprint density at radius 1 is 1.43 bits per heavy atom. The number of nitrogens with one attached hydrogen (secondary N) is 1. The highest BCUT2D eigenvalue weighted by Gasteiger charge is 2.16. The van der Waals surface area contributed by atoms with E-state index in [9.17, 15) is 10.5 Å². The van der Waals surface area contributed by atoms with E-state index >= 15 is 0 Å². The molecule has 0 aliphatic carbocycles. The molecular weight excluding hydrogens is 520 g/mol. The molecule has 0 fully saturated rings. The molecule has 0 atom stereocenters. The van der Waals surface area contributed by atoms with Gasteiger partial charge in [0.15, 0.2) is 5.82 Å². The number of hydrogen-bond acceptors (Lipinski definition) is 5. The fraction of sp³-hybridized carbons (Fsp3) is 0.133. The summed E-state index contributed by atoms with van der Waals surface area (Å²) in [6.07, 6.45) is 1.67. The Balaban J connectivity index is 2.64. The normalized spacial score (nSPS) is 10.9. The number of anilines is 1. The number of allylic oxidation sites excluding steroid dienone is 1. The fourth-order valence-electron chi connectivity index (χ4n) is 1.96. The van der Waals surface area contributed by atoms with Crippen molar-refractivity contribution in [2.45, 2.75) is 6.92 Å². The molecule has 2 rings (SSSR count). The first kappa shape index (κ1) is 17.6. The first-order valence-electron chi connectivity index (χ1n) is 6.49. The highest BCUT2D eigenvalue weighted by atomic mass is 127. The zero-order valence-corrected chi connectivity index (χ0v) is 16.3. The second-order valence-corrected chi connectivity index (χ2v) is 6.79. The van der Waals surface area contributed by atoms with Crippen molar-refractivity contribution in [3.05, 3.63) is 36.1 Å². The van der Waals surface area contributed by atoms with E-state index in [1.165, 1.54) is 0 Å². The summed E-state index contributed by atoms with van der Waals surface area (Å²) in [5, 5.41) is 25.1. The number of aromatic nitrogens is 2. The molecule has 0 aliphatic rings. The third kappa shape index (κ3) is 3.76. The number of halogens is 2. The van der Waals surface area contributed by atoms with E-state index in [4.69, 9.17) is 10.5 Å². The van der Waals surface area contributed by atoms with Crippen molar-refractivity contribution in [2.75, 3.05) is 12.3 Å². The average Bonchev–Trinajstić information content (AvgIpc) is 2.88. The van der Waals surface area contributed by atoms with Gasteiger partial charge in [-0.05, 0) is 70.3 Å². The molecule has 23 heavy (non-hydrogen) atoms. The molecule has 0 spiro atoms. The lowest BCUT2D eigenvalue weighted by Gasteiger charge is -2.11. The van der Waals surface area contributed by atoms with E-state index in [2.05, 4.69) is 61.4 Å². The van der Waals surface area contributed by atoms with Crippen LogP contribution in [0.5, 0.6) is 5.75 Å². The molecule has 116 valence electrons. The van der Waals surface area contributed by atoms with Crippen LogP contribution in [0.4, 0.5) is 5.82 Å². The van der Waals surface area contributed by atoms with Crippen LogP contribution >= 0.6 is 45.2 Å². The van der Waals surface area contributed by atoms with Crippen molar-refractivity contribution in [2.24, 2.45) is 0 Å². The smallest absolute Gasteiger partial charge is 0.163 e. The second-order valence-electron chi connectivity index (χ2n) is 4.38. The summed E-state index contributed by atoms with van der Waals surface area (Å²) < 4.78 is 7.65. The van der Waals surface area contributed by atoms with E-state index in [1.54, 1.807) is 6.08 Å². The lowest BCUT2D eigenvalue weighted by molar-refractivity contribution is 0.337. The Morgan fingerprint density at radius 3 is 2.78 bits per heavy atom. The molecule has 0 amide bonds. The molecule has 2 aromatic rings. The molecule has 1 aromatic heterocycles. The quantitative estimate of drug-likeness (QED) is 0.464. The van der Waals surface area contributed by atoms with Gasteiger partial charge in [0.05, 0.1) is 21.4 Å². The molecule has 0 aliphatic heterocycles. The van der Waals surface area contributed by atoms with Gasteiger partial charge in [-0.15, -0.1) is 0 Å². The number of nitrogens with zero attached hydrogens (tertiary/aromatic N) is 3. The Kier molecular flexibility index (Phi) is 5.85. The monoisotopic (exact) mass is 531 g/mol. The molecule has 0 bridgehead atoms. The van der Waals surface area contributed by atoms with E-state index < -0.39 is 0 Å². The molecule has 1 heterocycles. The van der Waals surface area contributed by atoms with E-state index in [0.29, 0.717) is 18.1 Å². The number of nitrogens with two attached hydrogens (primary N) is 1. The molecule has 0 saturated heterocycles. The summed E-state index contributed by atoms with van der Waals surface area (Å²) in [6, 6.07) is 7.95. The number of rotatable bonds is 4. The highest BCUT2D eigenvalue weighted by Crippen LogP contribution is 2.32. The minimum absolute atomic E-state index is 0.0749. The summed E-state index contributed by atoms with van der Waals surface area (Å²) in [7, 11) is 0. The first-order valence-corrected chi connectivity index (χ1v) is 8.65. The summed E-state index contributed by atoms with van der Waals surface area (Å²) in [5.41, 5.74) is 7.14. The number of nitrogen functional groups attached to an aromatic ring is 1. The Morgan fingerprint density at radius 2 is 2.17 bits per heavy atom. The molecule has 6 nitrogen and oxygen atoms in total. The third-order valence-electron chi connectivity index (χ3n) is 2.92. The van der Waals surface area contributed by atoms with Gasteiger partial charge >= 0.3 is 0 Å². The zero-order chi connectivity index (χ0) is 17.0. The topological polar surface area (TPSA) is 112 Å². The van der Waals surface area contributed by atoms with Gasteiger partial charge < -0.3 is 10.5 Å². The van der Waals surface area contributed by atoms with Crippen LogP contribution in [0.25, 0.3) is 11.6 Å². The number of ether oxygens (including phenoxy) is 1. The molecule has 0 radical (unpaired) electrons. The van der Waals surface area contributed by atoms with Crippen LogP contribution in [0, 0.1) is 29.8 Å². The van der Waals surface area contributed by atoms with Crippen LogP contribution in [0.3, 0.4) is 0 Å². The van der Waals surface area contributed by atoms with Gasteiger partial charge in [-0.1, -0.05) is 0 Å². The van der Waals surface area contributed by atoms with Crippen molar-refractivity contribution in [3.8, 4) is 17.9 Å². The minimum Gasteiger partial charge on any atom is -0.492 e. The minimum atomic E-state index is 0.0749. The predicted octanol–water partition coefficient (Wildman–Crippen LogP) is 3.54. The molecule has 1 aromatic carbocycles. The largest absolute Gasteiger partial charge is 0.492 e. The first-order chi connectivity index (χ1) is 11.0. The van der Waals surface area contributed by atoms with Gasteiger partial charge in [0.2, 0.25) is 0 Å². The molecule has 0 saturated carbocycles. The van der Waals surface area contributed by atoms with Gasteiger partial charge in [-0.3, -0.25) is 5.10 Å². The van der Waals surface area contributed by atoms with E-state index in [1.807, 2.05) is 25.1 Å². The summed E-state index contributed by atoms with van der Waals surface area (Å²) >= 11 is 4.40. The predicted molar refractivity (Wildman–Crippen MR) is 104 cm³/mol. The summed E-state index contributed by atoms with van der Waals surface area (Å²) in [5.74, 6) is 0.776. The van der Waals surface area contributed by atoms with Gasteiger partial charge in [0, 0.05) is 9.13 Å². The third-order valence-corrected chi connectivity index (χ3v) is 4.35. The van der Waals surface area contributed by atoms with Crippen LogP contribution in [0.15, 0.2) is 12.1 Å². The van der Waals surface area contributed by atoms with Crippen molar-refractivity contribution < 1.29 is 4.74 Å². The fourth-order valence-corrected chi connectivity index (χ4v) is 4.01. The molecule has 8 heteroatoms. The van der Waals surface area contributed by atoms with Crippen molar-refractivity contribution >= 4 is 62.6 Å². The summed E-state index contributed by atoms with van der Waals surface area (Å²) in [4.78, 5) is 0. The van der Waals surface area contributed by atoms with Crippen LogP contribution in [0.2, 0.25) is 0 Å². The van der Waals surface area contributed by atoms with Crippen molar-refractivity contribution in [3.63, 3.8) is 0 Å². The Labute approximate surface area is 160 Å². The number of H-pyrrole nitrogens is 1. The van der Waals surface area contributed by atoms with Crippen LogP contribution < -0.4 is 10.5 Å². The van der Waals surface area contributed by atoms with Crippen molar-refractivity contribution in [1.29, 1.82) is 10.5 Å². The Hall–Kier alpha value is -1.79. The second kappa shape index (κ2) is 7.66. The standard InChI is InChI=1S/C15H11I2N5O/c1-2-23-14-8(4-10(16)5-12(14)17)3-9(6-18)13-11(7-19)15(20)22-21-13/h3-5H,2H2,1H3,(H3,20,21,22)/b9-3-. The van der Waals surface area contributed by atoms with Crippen LogP contribution in [-0.2, 0) is 0 Å². The Bertz CT molecular complexity index is 858. The number of aromatic amines is 1. The van der Waals surface area contributed by atoms with Gasteiger partial charge in [-0.2, -0.15) is 15.6 Å². The lowest BCUT2D eigenvalue weighted by Crippen LogP contribution is -1.98. The highest BCUT2D eigenvalue weighted by molar-refractivity contribution is 14.1. The summed E-state index contributed by atoms with van der Waals surface area (Å²) in [6.45, 7) is 2.41. The van der Waals surface area contributed by atoms with Crippen molar-refractivity contribution in [1.82, 2.24) is 10.2 Å². The maximum Gasteiger partial charge on any atom is 0.163 e.